The van der Waals surface area contributed by atoms with Gasteiger partial charge in [0.15, 0.2) is 39.6 Å². The summed E-state index contributed by atoms with van der Waals surface area (Å²) in [7, 11) is 0. The topological polar surface area (TPSA) is 192 Å². The van der Waals surface area contributed by atoms with Gasteiger partial charge in [-0.2, -0.15) is 0 Å². The van der Waals surface area contributed by atoms with Gasteiger partial charge >= 0.3 is 5.97 Å². The first-order chi connectivity index (χ1) is 20.5. The number of carboxylic acid groups (broad SMARTS) is 1. The number of carboxylic acids is 1. The summed E-state index contributed by atoms with van der Waals surface area (Å²) in [6.07, 6.45) is 8.92. The number of allylic oxidation sites excluding steroid dienone is 1. The van der Waals surface area contributed by atoms with Crippen molar-refractivity contribution in [3.05, 3.63) is 57.7 Å². The van der Waals surface area contributed by atoms with E-state index in [2.05, 4.69) is 5.32 Å². The molecule has 3 spiro atoms. The van der Waals surface area contributed by atoms with E-state index in [0.717, 1.165) is 25.7 Å². The highest BCUT2D eigenvalue weighted by molar-refractivity contribution is 6.07. The van der Waals surface area contributed by atoms with Gasteiger partial charge in [-0.3, -0.25) is 19.2 Å². The van der Waals surface area contributed by atoms with E-state index in [1.165, 1.54) is 6.08 Å². The highest BCUT2D eigenvalue weighted by Gasteiger charge is 3.01. The quantitative estimate of drug-likeness (QED) is 0.277. The van der Waals surface area contributed by atoms with Crippen molar-refractivity contribution in [2.45, 2.75) is 91.1 Å². The summed E-state index contributed by atoms with van der Waals surface area (Å²) in [4.78, 5) is 54.4. The summed E-state index contributed by atoms with van der Waals surface area (Å²) < 4.78 is 13.2. The fourth-order valence-electron chi connectivity index (χ4n) is 10.7. The number of carbonyl (C=O) groups is 4. The molecule has 11 heteroatoms. The Labute approximate surface area is 245 Å². The van der Waals surface area contributed by atoms with Gasteiger partial charge in [-0.15, -0.1) is 0 Å². The van der Waals surface area contributed by atoms with Gasteiger partial charge in [-0.25, -0.2) is 0 Å². The minimum absolute atomic E-state index is 0.0932. The van der Waals surface area contributed by atoms with Crippen LogP contribution in [0.5, 0.6) is 0 Å². The van der Waals surface area contributed by atoms with Crippen LogP contribution < -0.4 is 11.1 Å². The van der Waals surface area contributed by atoms with Gasteiger partial charge in [0.2, 0.25) is 5.91 Å². The number of aliphatic hydroxyl groups is 2. The lowest BCUT2D eigenvalue weighted by molar-refractivity contribution is -0.184. The molecule has 2 heterocycles. The van der Waals surface area contributed by atoms with Crippen LogP contribution in [0.25, 0.3) is 0 Å². The van der Waals surface area contributed by atoms with Crippen LogP contribution in [-0.2, 0) is 28.7 Å². The smallest absolute Gasteiger partial charge is 0.310 e. The van der Waals surface area contributed by atoms with Crippen LogP contribution in [-0.4, -0.2) is 85.0 Å². The molecule has 0 radical (unpaired) electrons. The van der Waals surface area contributed by atoms with Gasteiger partial charge in [0, 0.05) is 30.8 Å². The number of nitrogens with two attached hydrogens (primary N) is 1. The second-order valence-electron chi connectivity index (χ2n) is 14.1. The molecule has 0 aromatic carbocycles. The van der Waals surface area contributed by atoms with Gasteiger partial charge < -0.3 is 35.8 Å². The van der Waals surface area contributed by atoms with Crippen LogP contribution in [0.15, 0.2) is 57.7 Å². The summed E-state index contributed by atoms with van der Waals surface area (Å²) in [5.74, 6) is -5.58. The van der Waals surface area contributed by atoms with Crippen molar-refractivity contribution >= 4 is 23.4 Å². The summed E-state index contributed by atoms with van der Waals surface area (Å²) in [5, 5.41) is 38.5. The van der Waals surface area contributed by atoms with E-state index in [1.54, 1.807) is 12.2 Å². The van der Waals surface area contributed by atoms with Crippen LogP contribution in [0.2, 0.25) is 0 Å². The number of epoxide rings is 2. The molecule has 0 aromatic rings. The first-order valence-electron chi connectivity index (χ1n) is 15.3. The summed E-state index contributed by atoms with van der Waals surface area (Å²) in [5.41, 5.74) is -0.208. The van der Waals surface area contributed by atoms with Crippen molar-refractivity contribution in [2.24, 2.45) is 23.5 Å². The number of hydrogen-bond acceptors (Lipinski definition) is 9. The highest BCUT2D eigenvalue weighted by Crippen LogP contribution is 2.85. The molecule has 0 bridgehead atoms. The van der Waals surface area contributed by atoms with Crippen molar-refractivity contribution < 1.29 is 44.0 Å². The lowest BCUT2D eigenvalue weighted by Crippen LogP contribution is -2.77. The number of rotatable bonds is 3. The molecule has 11 atom stereocenters. The lowest BCUT2D eigenvalue weighted by atomic mass is 9.41. The third-order valence-electron chi connectivity index (χ3n) is 12.6. The molecule has 8 aliphatic carbocycles. The summed E-state index contributed by atoms with van der Waals surface area (Å²) in [6.45, 7) is 0. The van der Waals surface area contributed by atoms with Gasteiger partial charge in [-0.05, 0) is 64.9 Å². The second-order valence-corrected chi connectivity index (χ2v) is 14.1. The number of ketones is 2. The van der Waals surface area contributed by atoms with E-state index in [9.17, 15) is 34.5 Å². The number of amides is 1. The fraction of sp³-hybridized carbons (Fsp3) is 0.562. The Morgan fingerprint density at radius 2 is 1.88 bits per heavy atom. The Hall–Kier alpha value is -3.22. The van der Waals surface area contributed by atoms with Gasteiger partial charge in [0.05, 0.1) is 11.8 Å². The Balaban J connectivity index is 1.26. The molecule has 0 aromatic heterocycles. The minimum atomic E-state index is -2.35. The van der Waals surface area contributed by atoms with Crippen molar-refractivity contribution in [3.8, 4) is 0 Å². The number of carbonyl (C=O) groups excluding carboxylic acids is 3. The van der Waals surface area contributed by atoms with Crippen molar-refractivity contribution in [1.29, 1.82) is 0 Å². The van der Waals surface area contributed by atoms with Crippen molar-refractivity contribution in [1.82, 2.24) is 5.32 Å². The molecule has 4 fully saturated rings. The van der Waals surface area contributed by atoms with Gasteiger partial charge in [0.25, 0.3) is 0 Å². The van der Waals surface area contributed by atoms with Crippen molar-refractivity contribution in [3.63, 3.8) is 0 Å². The number of aliphatic carboxylic acids is 1. The fourth-order valence-corrected chi connectivity index (χ4v) is 10.7. The zero-order valence-corrected chi connectivity index (χ0v) is 23.1. The second kappa shape index (κ2) is 7.02. The summed E-state index contributed by atoms with van der Waals surface area (Å²) >= 11 is 0. The molecule has 1 amide bonds. The average molecular weight is 587 g/mol. The molecule has 6 N–H and O–H groups in total. The van der Waals surface area contributed by atoms with E-state index in [1.807, 2.05) is 6.08 Å². The van der Waals surface area contributed by atoms with Crippen LogP contribution >= 0.6 is 0 Å². The Kier molecular flexibility index (Phi) is 4.11. The number of ether oxygens (including phenoxy) is 2. The minimum Gasteiger partial charge on any atom is -0.481 e. The van der Waals surface area contributed by atoms with E-state index >= 15 is 0 Å². The molecule has 9 unspecified atom stereocenters. The number of nitrogens with one attached hydrogen (secondary N) is 1. The Bertz CT molecular complexity index is 1740. The zero-order valence-electron chi connectivity index (χ0n) is 23.1. The molecule has 2 aliphatic heterocycles. The molecule has 10 rings (SSSR count). The third-order valence-corrected chi connectivity index (χ3v) is 12.6. The molecule has 11 nitrogen and oxygen atoms in total. The average Bonchev–Trinajstić information content (AvgIpc) is 3.87. The van der Waals surface area contributed by atoms with Crippen LogP contribution in [0, 0.1) is 17.8 Å². The zero-order chi connectivity index (χ0) is 29.6. The van der Waals surface area contributed by atoms with E-state index in [-0.39, 0.29) is 54.2 Å². The SMILES string of the molecule is N[C@@H]1CCCC[C@H]1NC(=O)C1C2=CC(=O)C3CC(C(=O)O)C4=C5C3=C2C23OC26C(=CCC(O)(C(=O)C4)C56O)C=CC32OC12. The number of Topliss-reactive ketones (excluding diaryl/α,β-unsaturated/α-hetero) is 1. The Morgan fingerprint density at radius 3 is 2.65 bits per heavy atom. The van der Waals surface area contributed by atoms with Gasteiger partial charge in [-0.1, -0.05) is 25.0 Å². The monoisotopic (exact) mass is 586 g/mol. The van der Waals surface area contributed by atoms with Gasteiger partial charge in [0.1, 0.15) is 6.10 Å². The normalized spacial score (nSPS) is 52.1. The highest BCUT2D eigenvalue weighted by atomic mass is 16.7. The molecule has 43 heavy (non-hydrogen) atoms. The Morgan fingerprint density at radius 1 is 1.09 bits per heavy atom. The maximum Gasteiger partial charge on any atom is 0.310 e. The molecule has 222 valence electrons. The van der Waals surface area contributed by atoms with E-state index in [0.29, 0.717) is 22.3 Å². The van der Waals surface area contributed by atoms with Crippen LogP contribution in [0.1, 0.15) is 44.9 Å². The molecular weight excluding hydrogens is 556 g/mol. The standard InChI is InChI=1S/C32H30N2O9/c33-17-3-1-2-4-18(17)34-26(37)22-16-10-19(35)15-9-14(27(38)39)13-11-20(36)28(40)7-5-12-6-8-29(25(22)42-29)32-24(16)21(15)23(13)30(28,41)31(12,32)43-32/h5-6,8,10,14-15,17-18,22,25,40-41H,1-4,7,9,11,33H2,(H,34,37)(H,38,39)/t14?,15?,17-,18-,22?,25?,28?,29?,30?,31?,32?/m1/s1. The largest absolute Gasteiger partial charge is 0.481 e. The summed E-state index contributed by atoms with van der Waals surface area (Å²) in [6, 6.07) is -0.401. The van der Waals surface area contributed by atoms with Crippen LogP contribution in [0.4, 0.5) is 0 Å². The van der Waals surface area contributed by atoms with Crippen LogP contribution in [0.3, 0.4) is 0 Å². The predicted octanol–water partition coefficient (Wildman–Crippen LogP) is -0.181. The first-order valence-corrected chi connectivity index (χ1v) is 15.3. The maximum atomic E-state index is 14.2. The van der Waals surface area contributed by atoms with E-state index < -0.39 is 63.6 Å². The predicted molar refractivity (Wildman–Crippen MR) is 144 cm³/mol. The van der Waals surface area contributed by atoms with Crippen molar-refractivity contribution in [2.75, 3.05) is 0 Å². The maximum absolute atomic E-state index is 14.2. The molecule has 2 saturated carbocycles. The molecular formula is C32H30N2O9. The lowest BCUT2D eigenvalue weighted by Gasteiger charge is -2.61. The number of hydrogen-bond donors (Lipinski definition) is 5. The molecule has 10 aliphatic rings. The van der Waals surface area contributed by atoms with E-state index in [4.69, 9.17) is 15.2 Å². The third kappa shape index (κ3) is 2.25. The molecule has 2 saturated heterocycles. The first kappa shape index (κ1) is 25.1.